The zero-order valence-electron chi connectivity index (χ0n) is 14.3. The molecule has 0 heterocycles. The van der Waals surface area contributed by atoms with Gasteiger partial charge in [-0.1, -0.05) is 60.2 Å². The van der Waals surface area contributed by atoms with Crippen LogP contribution in [0.3, 0.4) is 0 Å². The predicted octanol–water partition coefficient (Wildman–Crippen LogP) is 4.10. The Morgan fingerprint density at radius 2 is 1.58 bits per heavy atom. The monoisotopic (exact) mass is 323 g/mol. The molecule has 2 aromatic carbocycles. The highest BCUT2D eigenvalue weighted by Crippen LogP contribution is 2.08. The van der Waals surface area contributed by atoms with Crippen LogP contribution in [0.2, 0.25) is 0 Å². The maximum atomic E-state index is 12.0. The van der Waals surface area contributed by atoms with Crippen LogP contribution in [0.15, 0.2) is 54.6 Å². The molecule has 1 N–H and O–H groups in total. The molecule has 24 heavy (non-hydrogen) atoms. The van der Waals surface area contributed by atoms with E-state index < -0.39 is 0 Å². The van der Waals surface area contributed by atoms with Crippen molar-refractivity contribution in [1.82, 2.24) is 5.32 Å². The first-order valence-electron chi connectivity index (χ1n) is 8.55. The fourth-order valence-electron chi connectivity index (χ4n) is 2.53. The number of unbranched alkanes of at least 4 members (excludes halogenated alkanes) is 1. The average Bonchev–Trinajstić information content (AvgIpc) is 2.61. The topological polar surface area (TPSA) is 46.2 Å². The lowest BCUT2D eigenvalue weighted by Crippen LogP contribution is -2.24. The Bertz CT molecular complexity index is 647. The third-order valence-corrected chi connectivity index (χ3v) is 4.01. The Hall–Kier alpha value is -2.42. The first kappa shape index (κ1) is 17.9. The van der Waals surface area contributed by atoms with Crippen LogP contribution in [0.25, 0.3) is 0 Å². The van der Waals surface area contributed by atoms with Crippen molar-refractivity contribution in [2.75, 3.05) is 6.54 Å². The second-order valence-corrected chi connectivity index (χ2v) is 6.08. The minimum absolute atomic E-state index is 0.0224. The highest BCUT2D eigenvalue weighted by Gasteiger charge is 2.08. The van der Waals surface area contributed by atoms with Gasteiger partial charge in [-0.3, -0.25) is 9.59 Å². The Balaban J connectivity index is 1.58. The third kappa shape index (κ3) is 6.37. The summed E-state index contributed by atoms with van der Waals surface area (Å²) < 4.78 is 0. The number of carbonyl (C=O) groups is 2. The highest BCUT2D eigenvalue weighted by molar-refractivity contribution is 5.97. The summed E-state index contributed by atoms with van der Waals surface area (Å²) in [5.41, 5.74) is 3.13. The number of hydrogen-bond donors (Lipinski definition) is 1. The number of hydrogen-bond acceptors (Lipinski definition) is 2. The zero-order valence-corrected chi connectivity index (χ0v) is 14.3. The van der Waals surface area contributed by atoms with Crippen LogP contribution in [-0.4, -0.2) is 18.2 Å². The quantitative estimate of drug-likeness (QED) is 0.558. The lowest BCUT2D eigenvalue weighted by molar-refractivity contribution is -0.121. The summed E-state index contributed by atoms with van der Waals surface area (Å²) in [4.78, 5) is 23.8. The van der Waals surface area contributed by atoms with Gasteiger partial charge in [0.2, 0.25) is 5.91 Å². The number of amides is 1. The largest absolute Gasteiger partial charge is 0.356 e. The first-order chi connectivity index (χ1) is 11.6. The molecule has 0 bridgehead atoms. The van der Waals surface area contributed by atoms with E-state index in [9.17, 15) is 9.59 Å². The first-order valence-corrected chi connectivity index (χ1v) is 8.55. The van der Waals surface area contributed by atoms with Gasteiger partial charge >= 0.3 is 0 Å². The Labute approximate surface area is 144 Å². The van der Waals surface area contributed by atoms with Crippen LogP contribution in [0.1, 0.15) is 47.2 Å². The minimum atomic E-state index is -0.0461. The molecule has 3 heteroatoms. The molecule has 0 saturated heterocycles. The SMILES string of the molecule is Cc1ccc(C(=O)CCC(=O)NCCCCc2ccccc2)cc1. The van der Waals surface area contributed by atoms with Crippen LogP contribution in [0.5, 0.6) is 0 Å². The van der Waals surface area contributed by atoms with Gasteiger partial charge in [-0.05, 0) is 31.7 Å². The second kappa shape index (κ2) is 9.66. The molecule has 0 radical (unpaired) electrons. The highest BCUT2D eigenvalue weighted by atomic mass is 16.2. The van der Waals surface area contributed by atoms with Crippen LogP contribution in [0, 0.1) is 6.92 Å². The van der Waals surface area contributed by atoms with Crippen LogP contribution < -0.4 is 5.32 Å². The summed E-state index contributed by atoms with van der Waals surface area (Å²) in [6.45, 7) is 2.66. The lowest BCUT2D eigenvalue weighted by Gasteiger charge is -2.06. The Morgan fingerprint density at radius 1 is 0.875 bits per heavy atom. The maximum absolute atomic E-state index is 12.0. The van der Waals surface area contributed by atoms with Crippen molar-refractivity contribution in [2.24, 2.45) is 0 Å². The molecule has 2 aromatic rings. The summed E-state index contributed by atoms with van der Waals surface area (Å²) in [7, 11) is 0. The van der Waals surface area contributed by atoms with E-state index in [-0.39, 0.29) is 24.5 Å². The smallest absolute Gasteiger partial charge is 0.220 e. The number of benzene rings is 2. The summed E-state index contributed by atoms with van der Waals surface area (Å²) >= 11 is 0. The van der Waals surface area contributed by atoms with Crippen molar-refractivity contribution in [2.45, 2.75) is 39.0 Å². The molecule has 1 amide bonds. The molecule has 0 aromatic heterocycles. The second-order valence-electron chi connectivity index (χ2n) is 6.08. The molecule has 126 valence electrons. The van der Waals surface area contributed by atoms with Gasteiger partial charge < -0.3 is 5.32 Å². The molecule has 0 aliphatic heterocycles. The molecule has 0 aliphatic rings. The zero-order chi connectivity index (χ0) is 17.2. The van der Waals surface area contributed by atoms with Crippen molar-refractivity contribution in [3.63, 3.8) is 0 Å². The normalized spacial score (nSPS) is 10.4. The predicted molar refractivity (Wildman–Crippen MR) is 97.1 cm³/mol. The summed E-state index contributed by atoms with van der Waals surface area (Å²) in [5.74, 6) is -0.0237. The van der Waals surface area contributed by atoms with Gasteiger partial charge in [-0.2, -0.15) is 0 Å². The van der Waals surface area contributed by atoms with Gasteiger partial charge in [0.05, 0.1) is 0 Å². The van der Waals surface area contributed by atoms with Crippen LogP contribution in [0.4, 0.5) is 0 Å². The molecule has 2 rings (SSSR count). The van der Waals surface area contributed by atoms with Crippen LogP contribution in [-0.2, 0) is 11.2 Å². The number of aryl methyl sites for hydroxylation is 2. The molecule has 0 aliphatic carbocycles. The van der Waals surface area contributed by atoms with E-state index >= 15 is 0 Å². The third-order valence-electron chi connectivity index (χ3n) is 4.01. The van der Waals surface area contributed by atoms with E-state index in [4.69, 9.17) is 0 Å². The number of nitrogens with one attached hydrogen (secondary N) is 1. The standard InChI is InChI=1S/C21H25NO2/c1-17-10-12-19(13-11-17)20(23)14-15-21(24)22-16-6-5-9-18-7-3-2-4-8-18/h2-4,7-8,10-13H,5-6,9,14-16H2,1H3,(H,22,24). The Kier molecular flexibility index (Phi) is 7.21. The van der Waals surface area contributed by atoms with E-state index in [1.54, 1.807) is 0 Å². The van der Waals surface area contributed by atoms with Gasteiger partial charge in [-0.15, -0.1) is 0 Å². The lowest BCUT2D eigenvalue weighted by atomic mass is 10.0. The maximum Gasteiger partial charge on any atom is 0.220 e. The molecule has 0 atom stereocenters. The van der Waals surface area contributed by atoms with Gasteiger partial charge in [-0.25, -0.2) is 0 Å². The van der Waals surface area contributed by atoms with E-state index in [2.05, 4.69) is 17.4 Å². The molecular formula is C21H25NO2. The van der Waals surface area contributed by atoms with Crippen molar-refractivity contribution in [3.8, 4) is 0 Å². The van der Waals surface area contributed by atoms with Gasteiger partial charge in [0.15, 0.2) is 5.78 Å². The fraction of sp³-hybridized carbons (Fsp3) is 0.333. The van der Waals surface area contributed by atoms with Crippen LogP contribution >= 0.6 is 0 Å². The average molecular weight is 323 g/mol. The molecule has 0 fully saturated rings. The molecule has 0 saturated carbocycles. The van der Waals surface area contributed by atoms with Crippen molar-refractivity contribution < 1.29 is 9.59 Å². The number of ketones is 1. The number of Topliss-reactive ketones (excluding diaryl/α,β-unsaturated/α-hetero) is 1. The van der Waals surface area contributed by atoms with E-state index in [1.807, 2.05) is 49.4 Å². The molecule has 3 nitrogen and oxygen atoms in total. The van der Waals surface area contributed by atoms with Crippen molar-refractivity contribution >= 4 is 11.7 Å². The van der Waals surface area contributed by atoms with E-state index in [0.717, 1.165) is 24.8 Å². The minimum Gasteiger partial charge on any atom is -0.356 e. The van der Waals surface area contributed by atoms with E-state index in [1.165, 1.54) is 5.56 Å². The number of carbonyl (C=O) groups excluding carboxylic acids is 2. The van der Waals surface area contributed by atoms with Gasteiger partial charge in [0.1, 0.15) is 0 Å². The van der Waals surface area contributed by atoms with Gasteiger partial charge in [0.25, 0.3) is 0 Å². The van der Waals surface area contributed by atoms with Gasteiger partial charge in [0, 0.05) is 24.9 Å². The molecule has 0 unspecified atom stereocenters. The molecular weight excluding hydrogens is 298 g/mol. The van der Waals surface area contributed by atoms with Crippen molar-refractivity contribution in [3.05, 3.63) is 71.3 Å². The fourth-order valence-corrected chi connectivity index (χ4v) is 2.53. The molecule has 0 spiro atoms. The summed E-state index contributed by atoms with van der Waals surface area (Å²) in [6, 6.07) is 17.8. The summed E-state index contributed by atoms with van der Waals surface area (Å²) in [6.07, 6.45) is 3.55. The number of rotatable bonds is 9. The summed E-state index contributed by atoms with van der Waals surface area (Å²) in [5, 5.41) is 2.89. The Morgan fingerprint density at radius 3 is 2.29 bits per heavy atom. The van der Waals surface area contributed by atoms with Crippen molar-refractivity contribution in [1.29, 1.82) is 0 Å². The van der Waals surface area contributed by atoms with E-state index in [0.29, 0.717) is 12.1 Å².